The largest absolute Gasteiger partial charge is 0.265 e. The number of hydrogen-bond acceptors (Lipinski definition) is 5. The van der Waals surface area contributed by atoms with E-state index in [0.29, 0.717) is 0 Å². The van der Waals surface area contributed by atoms with Gasteiger partial charge in [-0.25, -0.2) is 0 Å². The third-order valence-corrected chi connectivity index (χ3v) is 1.13. The van der Waals surface area contributed by atoms with Crippen LogP contribution in [0.2, 0.25) is 0 Å². The van der Waals surface area contributed by atoms with Crippen molar-refractivity contribution in [2.75, 3.05) is 0 Å². The monoisotopic (exact) mass is 278 g/mol. The quantitative estimate of drug-likeness (QED) is 0.728. The summed E-state index contributed by atoms with van der Waals surface area (Å²) < 4.78 is 33.1. The summed E-state index contributed by atoms with van der Waals surface area (Å²) in [6.45, 7) is 0. The van der Waals surface area contributed by atoms with E-state index in [4.69, 9.17) is 15.7 Å². The molecular weight excluding hydrogens is 267 g/mol. The van der Waals surface area contributed by atoms with Gasteiger partial charge in [0.25, 0.3) is 0 Å². The molecule has 2 heterocycles. The van der Waals surface area contributed by atoms with Crippen LogP contribution < -0.4 is 0 Å². The minimum atomic E-state index is -5.38. The van der Waals surface area contributed by atoms with E-state index in [0.717, 1.165) is 0 Å². The molecule has 0 fully saturated rings. The molecule has 0 saturated carbocycles. The van der Waals surface area contributed by atoms with Crippen molar-refractivity contribution in [3.8, 4) is 0 Å². The first-order chi connectivity index (χ1) is 8.00. The van der Waals surface area contributed by atoms with Crippen molar-refractivity contribution in [3.63, 3.8) is 0 Å². The summed E-state index contributed by atoms with van der Waals surface area (Å²) in [5, 5.41) is 0. The van der Waals surface area contributed by atoms with Crippen molar-refractivity contribution in [2.45, 2.75) is 0 Å². The first kappa shape index (κ1) is 15.2. The van der Waals surface area contributed by atoms with Crippen molar-refractivity contribution in [2.24, 2.45) is 0 Å². The van der Waals surface area contributed by atoms with Gasteiger partial charge in [0.1, 0.15) is 0 Å². The van der Waals surface area contributed by atoms with Crippen LogP contribution in [0.25, 0.3) is 0 Å². The molecule has 0 radical (unpaired) electrons. The topological polar surface area (TPSA) is 97.2 Å². The molecule has 0 atom stereocenters. The molecule has 0 unspecified atom stereocenters. The molecule has 2 aromatic heterocycles. The molecule has 0 spiro atoms. The summed E-state index contributed by atoms with van der Waals surface area (Å²) in [7, 11) is 0. The number of hydrogen-bond donors (Lipinski definition) is 1. The Morgan fingerprint density at radius 2 is 0.882 bits per heavy atom. The number of rotatable bonds is 0. The van der Waals surface area contributed by atoms with Gasteiger partial charge in [0.15, 0.2) is 0 Å². The van der Waals surface area contributed by atoms with Crippen molar-refractivity contribution in [1.29, 1.82) is 0 Å². The molecule has 0 bridgehead atoms. The maximum atomic E-state index is 8.69. The Morgan fingerprint density at radius 1 is 0.647 bits per heavy atom. The van der Waals surface area contributed by atoms with E-state index in [1.807, 2.05) is 36.4 Å². The molecule has 0 aliphatic carbocycles. The second kappa shape index (κ2) is 9.41. The molecule has 0 aromatic carbocycles. The standard InChI is InChI=1S/2C5H5N.Mn.H2O.3O/c2*1-2-4-6-5-3-1;;;;;/h2*1-5H;;1H2;;;/q;;+1;;;;/p-1. The summed E-state index contributed by atoms with van der Waals surface area (Å²) in [6.07, 6.45) is 7.00. The van der Waals surface area contributed by atoms with Gasteiger partial charge in [0.2, 0.25) is 0 Å². The van der Waals surface area contributed by atoms with Crippen LogP contribution in [0.15, 0.2) is 61.2 Å². The minimum absolute atomic E-state index is 1.75. The first-order valence-corrected chi connectivity index (χ1v) is 6.31. The number of nitrogens with zero attached hydrogens (tertiary/aromatic N) is 2. The molecule has 0 aliphatic heterocycles. The molecule has 2 aromatic rings. The zero-order valence-corrected chi connectivity index (χ0v) is 9.90. The third kappa shape index (κ3) is 20.3. The zero-order valence-electron chi connectivity index (χ0n) is 8.72. The van der Waals surface area contributed by atoms with Crippen molar-refractivity contribution >= 4 is 0 Å². The molecule has 17 heavy (non-hydrogen) atoms. The summed E-state index contributed by atoms with van der Waals surface area (Å²) in [5.41, 5.74) is 0. The van der Waals surface area contributed by atoms with Gasteiger partial charge in [0, 0.05) is 24.8 Å². The summed E-state index contributed by atoms with van der Waals surface area (Å²) in [4.78, 5) is 7.57. The normalized spacial score (nSPS) is 9.00. The molecule has 0 aliphatic rings. The van der Waals surface area contributed by atoms with Gasteiger partial charge >= 0.3 is 28.7 Å². The third-order valence-electron chi connectivity index (χ3n) is 1.13. The van der Waals surface area contributed by atoms with E-state index >= 15 is 0 Å². The van der Waals surface area contributed by atoms with Crippen LogP contribution in [0.4, 0.5) is 0 Å². The van der Waals surface area contributed by atoms with Crippen LogP contribution in [0.5, 0.6) is 0 Å². The van der Waals surface area contributed by atoms with E-state index in [1.165, 1.54) is 0 Å². The molecule has 6 nitrogen and oxygen atoms in total. The fourth-order valence-electron chi connectivity index (χ4n) is 0.625. The average molecular weight is 278 g/mol. The van der Waals surface area contributed by atoms with Gasteiger partial charge in [0.05, 0.1) is 0 Å². The minimum Gasteiger partial charge on any atom is -0.265 e. The van der Waals surface area contributed by atoms with Gasteiger partial charge in [-0.3, -0.25) is 9.97 Å². The van der Waals surface area contributed by atoms with Gasteiger partial charge in [-0.05, 0) is 24.3 Å². The van der Waals surface area contributed by atoms with E-state index in [-0.39, 0.29) is 0 Å². The summed E-state index contributed by atoms with van der Waals surface area (Å²) >= 11 is -5.38. The Balaban J connectivity index is 0.000000228. The van der Waals surface area contributed by atoms with E-state index in [9.17, 15) is 0 Å². The number of pyridine rings is 2. The molecule has 2 rings (SSSR count). The van der Waals surface area contributed by atoms with E-state index < -0.39 is 13.0 Å². The zero-order chi connectivity index (χ0) is 13.0. The van der Waals surface area contributed by atoms with Crippen LogP contribution in [-0.2, 0) is 24.5 Å². The Hall–Kier alpha value is -1.82. The molecular formula is C10H11MnN2O4. The van der Waals surface area contributed by atoms with Crippen LogP contribution in [0.3, 0.4) is 0 Å². The Bertz CT molecular complexity index is 425. The Morgan fingerprint density at radius 3 is 0.941 bits per heavy atom. The second-order valence-electron chi connectivity index (χ2n) is 2.45. The van der Waals surface area contributed by atoms with Gasteiger partial charge in [-0.1, -0.05) is 12.1 Å². The molecule has 92 valence electrons. The predicted octanol–water partition coefficient (Wildman–Crippen LogP) is 1.25. The van der Waals surface area contributed by atoms with Crippen LogP contribution in [0.1, 0.15) is 0 Å². The maximum absolute atomic E-state index is 8.69. The van der Waals surface area contributed by atoms with Crippen LogP contribution in [0, 0.1) is 0 Å². The van der Waals surface area contributed by atoms with Gasteiger partial charge < -0.3 is 0 Å². The smallest absolute Gasteiger partial charge is 0.0267 e. The second-order valence-corrected chi connectivity index (χ2v) is 3.68. The first-order valence-electron chi connectivity index (χ1n) is 4.33. The van der Waals surface area contributed by atoms with E-state index in [2.05, 4.69) is 9.97 Å². The maximum Gasteiger partial charge on any atom is 0.0267 e. The summed E-state index contributed by atoms with van der Waals surface area (Å²) in [5.74, 6) is 0. The van der Waals surface area contributed by atoms with Crippen molar-refractivity contribution in [3.05, 3.63) is 61.2 Å². The van der Waals surface area contributed by atoms with E-state index in [1.54, 1.807) is 24.8 Å². The molecule has 7 heteroatoms. The van der Waals surface area contributed by atoms with Gasteiger partial charge in [-0.15, -0.1) is 0 Å². The molecule has 0 amide bonds. The van der Waals surface area contributed by atoms with Gasteiger partial charge in [-0.2, -0.15) is 0 Å². The fourth-order valence-corrected chi connectivity index (χ4v) is 0.625. The predicted molar refractivity (Wildman–Crippen MR) is 52.8 cm³/mol. The Kier molecular flexibility index (Phi) is 8.40. The molecule has 1 N–H and O–H groups in total. The fraction of sp³-hybridized carbons (Fsp3) is 0. The van der Waals surface area contributed by atoms with Crippen LogP contribution in [-0.4, -0.2) is 14.2 Å². The van der Waals surface area contributed by atoms with Crippen molar-refractivity contribution in [1.82, 2.24) is 9.97 Å². The summed E-state index contributed by atoms with van der Waals surface area (Å²) in [6, 6.07) is 11.4. The SMILES string of the molecule is [O]=[Mn](=[O])(=[O])[OH].c1ccncc1.c1ccncc1. The molecule has 0 saturated heterocycles. The van der Waals surface area contributed by atoms with Crippen LogP contribution >= 0.6 is 0 Å². The number of aromatic nitrogens is 2. The van der Waals surface area contributed by atoms with Crippen molar-refractivity contribution < 1.29 is 28.7 Å². The average Bonchev–Trinajstić information content (AvgIpc) is 2.32. The Labute approximate surface area is 100 Å².